The average molecular weight is 392 g/mol. The van der Waals surface area contributed by atoms with Crippen molar-refractivity contribution in [3.63, 3.8) is 0 Å². The van der Waals surface area contributed by atoms with Gasteiger partial charge in [-0.3, -0.25) is 4.79 Å². The predicted molar refractivity (Wildman–Crippen MR) is 102 cm³/mol. The van der Waals surface area contributed by atoms with Crippen molar-refractivity contribution in [3.05, 3.63) is 29.6 Å². The molecule has 1 aliphatic rings. The molecule has 1 saturated heterocycles. The van der Waals surface area contributed by atoms with Gasteiger partial charge in [-0.15, -0.1) is 0 Å². The number of piperidine rings is 1. The highest BCUT2D eigenvalue weighted by atomic mass is 19.1. The van der Waals surface area contributed by atoms with Gasteiger partial charge in [0, 0.05) is 33.3 Å². The number of nitrogens with zero attached hydrogens (tertiary/aromatic N) is 2. The molecule has 2 atom stereocenters. The van der Waals surface area contributed by atoms with Gasteiger partial charge in [0.15, 0.2) is 23.1 Å². The Labute approximate surface area is 163 Å². The van der Waals surface area contributed by atoms with Crippen molar-refractivity contribution in [2.75, 3.05) is 46.3 Å². The van der Waals surface area contributed by atoms with Gasteiger partial charge in [-0.05, 0) is 31.2 Å². The molecule has 0 radical (unpaired) electrons. The van der Waals surface area contributed by atoms with Crippen LogP contribution in [0.15, 0.2) is 22.7 Å². The second-order valence-electron chi connectivity index (χ2n) is 6.80. The number of benzene rings is 1. The number of ether oxygens (including phenoxy) is 2. The number of carbonyl (C=O) groups excluding carboxylic acids is 1. The van der Waals surface area contributed by atoms with Crippen LogP contribution in [0.5, 0.6) is 5.75 Å². The van der Waals surface area contributed by atoms with E-state index in [4.69, 9.17) is 14.0 Å². The molecule has 1 aliphatic heterocycles. The number of anilines is 1. The minimum absolute atomic E-state index is 0.0580. The van der Waals surface area contributed by atoms with Crippen LogP contribution in [0.1, 0.15) is 16.8 Å². The van der Waals surface area contributed by atoms with Crippen LogP contribution in [0.2, 0.25) is 0 Å². The molecular weight excluding hydrogens is 367 g/mol. The van der Waals surface area contributed by atoms with Crippen LogP contribution in [-0.2, 0) is 4.74 Å². The van der Waals surface area contributed by atoms with E-state index in [1.54, 1.807) is 26.1 Å². The van der Waals surface area contributed by atoms with Crippen molar-refractivity contribution in [3.8, 4) is 17.1 Å². The maximum absolute atomic E-state index is 13.8. The Bertz CT molecular complexity index is 839. The number of nitrogens with one attached hydrogen (secondary N) is 2. The van der Waals surface area contributed by atoms with Crippen LogP contribution in [0.4, 0.5) is 10.2 Å². The van der Waals surface area contributed by atoms with Crippen LogP contribution in [0.25, 0.3) is 11.3 Å². The Morgan fingerprint density at radius 1 is 1.39 bits per heavy atom. The molecule has 0 aliphatic carbocycles. The highest BCUT2D eigenvalue weighted by molar-refractivity contribution is 6.04. The predicted octanol–water partition coefficient (Wildman–Crippen LogP) is 1.66. The summed E-state index contributed by atoms with van der Waals surface area (Å²) in [5, 5.41) is 10.3. The molecule has 2 heterocycles. The molecule has 1 aromatic heterocycles. The SMILES string of the molecule is COc1cc(-c2onc(N(C)C)c2C(=O)N[C@H]2CNCC[C@H]2OC)ccc1F. The Kier molecular flexibility index (Phi) is 6.15. The first kappa shape index (κ1) is 20.1. The van der Waals surface area contributed by atoms with Crippen LogP contribution in [0.3, 0.4) is 0 Å². The fourth-order valence-electron chi connectivity index (χ4n) is 3.29. The third-order valence-electron chi connectivity index (χ3n) is 4.78. The van der Waals surface area contributed by atoms with E-state index in [0.717, 1.165) is 13.0 Å². The summed E-state index contributed by atoms with van der Waals surface area (Å²) in [6.45, 7) is 1.44. The normalized spacial score (nSPS) is 19.3. The molecule has 8 nitrogen and oxygen atoms in total. The fraction of sp³-hybridized carbons (Fsp3) is 0.474. The molecule has 2 N–H and O–H groups in total. The van der Waals surface area contributed by atoms with E-state index >= 15 is 0 Å². The van der Waals surface area contributed by atoms with Gasteiger partial charge in [0.2, 0.25) is 0 Å². The van der Waals surface area contributed by atoms with Gasteiger partial charge in [0.05, 0.1) is 19.3 Å². The van der Waals surface area contributed by atoms with E-state index in [9.17, 15) is 9.18 Å². The monoisotopic (exact) mass is 392 g/mol. The van der Waals surface area contributed by atoms with Gasteiger partial charge in [0.1, 0.15) is 5.56 Å². The summed E-state index contributed by atoms with van der Waals surface area (Å²) >= 11 is 0. The van der Waals surface area contributed by atoms with Gasteiger partial charge in [0.25, 0.3) is 5.91 Å². The lowest BCUT2D eigenvalue weighted by Gasteiger charge is -2.31. The number of carbonyl (C=O) groups is 1. The van der Waals surface area contributed by atoms with E-state index < -0.39 is 5.82 Å². The van der Waals surface area contributed by atoms with E-state index in [1.165, 1.54) is 25.3 Å². The molecule has 0 spiro atoms. The highest BCUT2D eigenvalue weighted by Crippen LogP contribution is 2.33. The molecule has 3 rings (SSSR count). The van der Waals surface area contributed by atoms with Crippen LogP contribution >= 0.6 is 0 Å². The third kappa shape index (κ3) is 3.95. The lowest BCUT2D eigenvalue weighted by atomic mass is 10.0. The summed E-state index contributed by atoms with van der Waals surface area (Å²) in [4.78, 5) is 14.8. The van der Waals surface area contributed by atoms with E-state index in [0.29, 0.717) is 17.9 Å². The molecule has 1 aromatic carbocycles. The van der Waals surface area contributed by atoms with Crippen molar-refractivity contribution < 1.29 is 23.2 Å². The van der Waals surface area contributed by atoms with Gasteiger partial charge >= 0.3 is 0 Å². The lowest BCUT2D eigenvalue weighted by molar-refractivity contribution is 0.0448. The molecule has 2 aromatic rings. The Morgan fingerprint density at radius 3 is 2.86 bits per heavy atom. The summed E-state index contributed by atoms with van der Waals surface area (Å²) in [6.07, 6.45) is 0.718. The molecule has 0 bridgehead atoms. The second kappa shape index (κ2) is 8.57. The number of amides is 1. The van der Waals surface area contributed by atoms with Gasteiger partial charge < -0.3 is 29.5 Å². The van der Waals surface area contributed by atoms with Gasteiger partial charge in [-0.1, -0.05) is 5.16 Å². The summed E-state index contributed by atoms with van der Waals surface area (Å²) in [6, 6.07) is 4.08. The van der Waals surface area contributed by atoms with Crippen molar-refractivity contribution in [1.29, 1.82) is 0 Å². The molecule has 152 valence electrons. The first-order valence-electron chi connectivity index (χ1n) is 9.01. The first-order valence-corrected chi connectivity index (χ1v) is 9.01. The molecular formula is C19H25FN4O4. The average Bonchev–Trinajstić information content (AvgIpc) is 3.14. The van der Waals surface area contributed by atoms with Crippen molar-refractivity contribution in [2.24, 2.45) is 0 Å². The Balaban J connectivity index is 1.97. The second-order valence-corrected chi connectivity index (χ2v) is 6.80. The topological polar surface area (TPSA) is 88.9 Å². The van der Waals surface area contributed by atoms with E-state index in [2.05, 4.69) is 15.8 Å². The maximum atomic E-state index is 13.8. The highest BCUT2D eigenvalue weighted by Gasteiger charge is 2.31. The van der Waals surface area contributed by atoms with Crippen LogP contribution in [-0.4, -0.2) is 64.6 Å². The first-order chi connectivity index (χ1) is 13.5. The summed E-state index contributed by atoms with van der Waals surface area (Å²) in [5.74, 6) is -0.145. The zero-order valence-corrected chi connectivity index (χ0v) is 16.4. The van der Waals surface area contributed by atoms with E-state index in [1.807, 2.05) is 0 Å². The lowest BCUT2D eigenvalue weighted by Crippen LogP contribution is -2.54. The summed E-state index contributed by atoms with van der Waals surface area (Å²) < 4.78 is 29.8. The van der Waals surface area contributed by atoms with E-state index in [-0.39, 0.29) is 35.1 Å². The number of hydrogen-bond donors (Lipinski definition) is 2. The Hall–Kier alpha value is -2.65. The molecule has 1 amide bonds. The Morgan fingerprint density at radius 2 is 2.18 bits per heavy atom. The molecule has 9 heteroatoms. The molecule has 28 heavy (non-hydrogen) atoms. The van der Waals surface area contributed by atoms with Crippen LogP contribution < -0.4 is 20.3 Å². The third-order valence-corrected chi connectivity index (χ3v) is 4.78. The van der Waals surface area contributed by atoms with Crippen molar-refractivity contribution in [2.45, 2.75) is 18.6 Å². The molecule has 0 unspecified atom stereocenters. The van der Waals surface area contributed by atoms with Crippen molar-refractivity contribution in [1.82, 2.24) is 15.8 Å². The zero-order chi connectivity index (χ0) is 20.3. The van der Waals surface area contributed by atoms with Gasteiger partial charge in [-0.2, -0.15) is 0 Å². The number of methoxy groups -OCH3 is 2. The number of halogens is 1. The standard InChI is InChI=1S/C19H25FN4O4/c1-24(2)18-16(19(25)22-13-10-21-8-7-14(13)26-3)17(28-23-18)11-5-6-12(20)15(9-11)27-4/h5-6,9,13-14,21H,7-8,10H2,1-4H3,(H,22,25)/t13-,14+/m0/s1. The number of rotatable bonds is 6. The smallest absolute Gasteiger partial charge is 0.259 e. The molecule has 0 saturated carbocycles. The minimum atomic E-state index is -0.499. The van der Waals surface area contributed by atoms with Crippen LogP contribution in [0, 0.1) is 5.82 Å². The maximum Gasteiger partial charge on any atom is 0.259 e. The summed E-state index contributed by atoms with van der Waals surface area (Å²) in [7, 11) is 6.55. The number of aromatic nitrogens is 1. The number of hydrogen-bond acceptors (Lipinski definition) is 7. The largest absolute Gasteiger partial charge is 0.494 e. The van der Waals surface area contributed by atoms with Gasteiger partial charge in [-0.25, -0.2) is 4.39 Å². The van der Waals surface area contributed by atoms with Crippen molar-refractivity contribution >= 4 is 11.7 Å². The minimum Gasteiger partial charge on any atom is -0.494 e. The quantitative estimate of drug-likeness (QED) is 0.773. The summed E-state index contributed by atoms with van der Waals surface area (Å²) in [5.41, 5.74) is 0.771. The fourth-order valence-corrected chi connectivity index (χ4v) is 3.29. The zero-order valence-electron chi connectivity index (χ0n) is 16.4. The molecule has 1 fully saturated rings.